The van der Waals surface area contributed by atoms with E-state index in [2.05, 4.69) is 9.97 Å². The molecule has 1 aliphatic rings. The van der Waals surface area contributed by atoms with Crippen molar-refractivity contribution < 1.29 is 19.5 Å². The van der Waals surface area contributed by atoms with Crippen LogP contribution in [0.5, 0.6) is 0 Å². The van der Waals surface area contributed by atoms with Gasteiger partial charge in [0.25, 0.3) is 5.91 Å². The number of fused-ring (bicyclic) bond motifs is 1. The highest BCUT2D eigenvalue weighted by Crippen LogP contribution is 2.29. The van der Waals surface area contributed by atoms with Gasteiger partial charge in [-0.15, -0.1) is 0 Å². The fourth-order valence-electron chi connectivity index (χ4n) is 4.66. The molecule has 2 aromatic heterocycles. The van der Waals surface area contributed by atoms with E-state index in [9.17, 15) is 19.5 Å². The maximum atomic E-state index is 13.8. The Balaban J connectivity index is 1.58. The topological polar surface area (TPSA) is 100 Å². The Morgan fingerprint density at radius 2 is 1.78 bits per heavy atom. The average molecular weight is 512 g/mol. The number of ketones is 1. The number of carboxylic acid groups (broad SMARTS) is 1. The summed E-state index contributed by atoms with van der Waals surface area (Å²) in [6.45, 7) is 0.113. The second-order valence-corrected chi connectivity index (χ2v) is 9.28. The van der Waals surface area contributed by atoms with Crippen molar-refractivity contribution in [1.29, 1.82) is 0 Å². The molecule has 5 rings (SSSR count). The van der Waals surface area contributed by atoms with E-state index in [0.29, 0.717) is 38.5 Å². The standard InChI is InChI=1S/C29H22ClN3O4/c30-21-5-7-23-20(14-21)15-27(34)26(16-22-3-1-2-10-32-22)33(28(23)35)17-18-4-6-24(29(36)37)25(13-18)19-8-11-31-12-9-19/h1-14,26H,15-17H2,(H,36,37)/t26-/m1/s1. The first-order chi connectivity index (χ1) is 17.9. The van der Waals surface area contributed by atoms with Crippen LogP contribution in [0.4, 0.5) is 0 Å². The minimum Gasteiger partial charge on any atom is -0.478 e. The number of hydrogen-bond acceptors (Lipinski definition) is 5. The molecule has 0 saturated carbocycles. The van der Waals surface area contributed by atoms with Crippen LogP contribution >= 0.6 is 11.6 Å². The number of Topliss-reactive ketones (excluding diaryl/α,β-unsaturated/α-hetero) is 1. The van der Waals surface area contributed by atoms with Gasteiger partial charge in [0.05, 0.1) is 11.6 Å². The van der Waals surface area contributed by atoms with Gasteiger partial charge in [0, 0.05) is 54.3 Å². The van der Waals surface area contributed by atoms with Crippen molar-refractivity contribution in [3.63, 3.8) is 0 Å². The van der Waals surface area contributed by atoms with Crippen LogP contribution in [0.3, 0.4) is 0 Å². The molecule has 0 aliphatic carbocycles. The van der Waals surface area contributed by atoms with Gasteiger partial charge < -0.3 is 10.0 Å². The predicted octanol–water partition coefficient (Wildman–Crippen LogP) is 4.87. The smallest absolute Gasteiger partial charge is 0.336 e. The lowest BCUT2D eigenvalue weighted by Crippen LogP contribution is -2.45. The number of amides is 1. The van der Waals surface area contributed by atoms with Crippen molar-refractivity contribution in [3.8, 4) is 11.1 Å². The first kappa shape index (κ1) is 24.3. The lowest BCUT2D eigenvalue weighted by molar-refractivity contribution is -0.122. The third-order valence-corrected chi connectivity index (χ3v) is 6.69. The van der Waals surface area contributed by atoms with E-state index in [1.165, 1.54) is 6.07 Å². The summed E-state index contributed by atoms with van der Waals surface area (Å²) in [5, 5.41) is 10.2. The second-order valence-electron chi connectivity index (χ2n) is 8.84. The van der Waals surface area contributed by atoms with Crippen LogP contribution in [0.25, 0.3) is 11.1 Å². The van der Waals surface area contributed by atoms with Crippen LogP contribution in [0, 0.1) is 0 Å². The molecule has 0 spiro atoms. The molecule has 0 bridgehead atoms. The summed E-state index contributed by atoms with van der Waals surface area (Å²) < 4.78 is 0. The molecule has 1 N–H and O–H groups in total. The molecule has 0 radical (unpaired) electrons. The van der Waals surface area contributed by atoms with E-state index >= 15 is 0 Å². The molecule has 3 heterocycles. The van der Waals surface area contributed by atoms with Crippen molar-refractivity contribution in [2.24, 2.45) is 0 Å². The molecule has 8 heteroatoms. The lowest BCUT2D eigenvalue weighted by atomic mass is 9.96. The molecule has 1 amide bonds. The van der Waals surface area contributed by atoms with Gasteiger partial charge in [-0.3, -0.25) is 19.6 Å². The number of nitrogens with zero attached hydrogens (tertiary/aromatic N) is 3. The predicted molar refractivity (Wildman–Crippen MR) is 138 cm³/mol. The number of rotatable bonds is 6. The summed E-state index contributed by atoms with van der Waals surface area (Å²) in [5.74, 6) is -1.46. The fourth-order valence-corrected chi connectivity index (χ4v) is 4.85. The molecule has 0 unspecified atom stereocenters. The quantitative estimate of drug-likeness (QED) is 0.396. The van der Waals surface area contributed by atoms with E-state index in [1.54, 1.807) is 72.0 Å². The Morgan fingerprint density at radius 3 is 2.51 bits per heavy atom. The zero-order valence-electron chi connectivity index (χ0n) is 19.7. The molecule has 2 aromatic carbocycles. The molecular formula is C29H22ClN3O4. The Morgan fingerprint density at radius 1 is 0.973 bits per heavy atom. The number of carbonyl (C=O) groups excluding carboxylic acids is 2. The van der Waals surface area contributed by atoms with Crippen LogP contribution in [0.1, 0.15) is 37.5 Å². The van der Waals surface area contributed by atoms with Crippen molar-refractivity contribution in [1.82, 2.24) is 14.9 Å². The molecule has 37 heavy (non-hydrogen) atoms. The molecule has 184 valence electrons. The van der Waals surface area contributed by atoms with E-state index in [-0.39, 0.29) is 36.6 Å². The maximum absolute atomic E-state index is 13.8. The SMILES string of the molecule is O=C(O)c1ccc(CN2C(=O)c3ccc(Cl)cc3CC(=O)[C@H]2Cc2ccccn2)cc1-c1ccncc1. The van der Waals surface area contributed by atoms with Crippen LogP contribution in [-0.2, 0) is 24.2 Å². The van der Waals surface area contributed by atoms with E-state index in [1.807, 2.05) is 12.1 Å². The van der Waals surface area contributed by atoms with E-state index < -0.39 is 12.0 Å². The first-order valence-electron chi connectivity index (χ1n) is 11.7. The zero-order valence-corrected chi connectivity index (χ0v) is 20.4. The largest absolute Gasteiger partial charge is 0.478 e. The number of carboxylic acids is 1. The van der Waals surface area contributed by atoms with Gasteiger partial charge >= 0.3 is 5.97 Å². The van der Waals surface area contributed by atoms with Crippen LogP contribution < -0.4 is 0 Å². The maximum Gasteiger partial charge on any atom is 0.336 e. The Labute approximate surface area is 218 Å². The molecule has 0 saturated heterocycles. The molecule has 7 nitrogen and oxygen atoms in total. The van der Waals surface area contributed by atoms with Crippen molar-refractivity contribution in [2.75, 3.05) is 0 Å². The van der Waals surface area contributed by atoms with Crippen LogP contribution in [0.2, 0.25) is 5.02 Å². The van der Waals surface area contributed by atoms with Gasteiger partial charge in [-0.25, -0.2) is 4.79 Å². The van der Waals surface area contributed by atoms with Crippen LogP contribution in [0.15, 0.2) is 85.3 Å². The first-order valence-corrected chi connectivity index (χ1v) is 12.1. The van der Waals surface area contributed by atoms with Gasteiger partial charge in [-0.05, 0) is 76.9 Å². The minimum atomic E-state index is -1.06. The summed E-state index contributed by atoms with van der Waals surface area (Å²) in [6, 6.07) is 18.1. The average Bonchev–Trinajstić information content (AvgIpc) is 2.99. The molecular weight excluding hydrogens is 490 g/mol. The molecule has 1 atom stereocenters. The van der Waals surface area contributed by atoms with E-state index in [0.717, 1.165) is 0 Å². The molecule has 1 aliphatic heterocycles. The molecule has 4 aromatic rings. The highest BCUT2D eigenvalue weighted by atomic mass is 35.5. The monoisotopic (exact) mass is 511 g/mol. The highest BCUT2D eigenvalue weighted by molar-refractivity contribution is 6.30. The number of carbonyl (C=O) groups is 3. The minimum absolute atomic E-state index is 0.0792. The van der Waals surface area contributed by atoms with Crippen molar-refractivity contribution in [3.05, 3.63) is 118 Å². The zero-order chi connectivity index (χ0) is 25.9. The van der Waals surface area contributed by atoms with E-state index in [4.69, 9.17) is 11.6 Å². The molecule has 0 fully saturated rings. The van der Waals surface area contributed by atoms with Gasteiger partial charge in [-0.1, -0.05) is 23.7 Å². The summed E-state index contributed by atoms with van der Waals surface area (Å²) in [7, 11) is 0. The van der Waals surface area contributed by atoms with Gasteiger partial charge in [0.15, 0.2) is 5.78 Å². The highest BCUT2D eigenvalue weighted by Gasteiger charge is 2.36. The van der Waals surface area contributed by atoms with Crippen LogP contribution in [-0.4, -0.2) is 43.7 Å². The third kappa shape index (κ3) is 5.13. The number of benzene rings is 2. The number of pyridine rings is 2. The number of aromatic carboxylic acids is 1. The Bertz CT molecular complexity index is 1490. The Hall–Kier alpha value is -4.36. The fraction of sp³-hybridized carbons (Fsp3) is 0.138. The summed E-state index contributed by atoms with van der Waals surface area (Å²) in [6.07, 6.45) is 5.18. The number of hydrogen-bond donors (Lipinski definition) is 1. The van der Waals surface area contributed by atoms with Gasteiger partial charge in [-0.2, -0.15) is 0 Å². The summed E-state index contributed by atoms with van der Waals surface area (Å²) in [5.41, 5.74) is 3.75. The van der Waals surface area contributed by atoms with Gasteiger partial charge in [0.1, 0.15) is 0 Å². The van der Waals surface area contributed by atoms with Gasteiger partial charge in [0.2, 0.25) is 0 Å². The summed E-state index contributed by atoms with van der Waals surface area (Å²) >= 11 is 6.18. The lowest BCUT2D eigenvalue weighted by Gasteiger charge is -2.29. The third-order valence-electron chi connectivity index (χ3n) is 6.46. The van der Waals surface area contributed by atoms with Crippen molar-refractivity contribution in [2.45, 2.75) is 25.4 Å². The number of aromatic nitrogens is 2. The Kier molecular flexibility index (Phi) is 6.79. The summed E-state index contributed by atoms with van der Waals surface area (Å²) in [4.78, 5) is 49.2. The number of halogens is 1. The van der Waals surface area contributed by atoms with Crippen molar-refractivity contribution >= 4 is 29.3 Å². The normalized spacial score (nSPS) is 15.3. The second kappa shape index (κ2) is 10.3.